The zero-order valence-electron chi connectivity index (χ0n) is 10.2. The van der Waals surface area contributed by atoms with Crippen LogP contribution in [-0.4, -0.2) is 26.5 Å². The maximum atomic E-state index is 12.3. The summed E-state index contributed by atoms with van der Waals surface area (Å²) in [6.07, 6.45) is 0.543. The maximum absolute atomic E-state index is 12.3. The molecule has 1 heterocycles. The molecule has 0 aliphatic heterocycles. The number of alkyl halides is 2. The van der Waals surface area contributed by atoms with Crippen molar-refractivity contribution >= 4 is 0 Å². The summed E-state index contributed by atoms with van der Waals surface area (Å²) in [5.74, 6) is 0.520. The first-order valence-corrected chi connectivity index (χ1v) is 5.62. The molecule has 5 nitrogen and oxygen atoms in total. The molecule has 0 saturated carbocycles. The summed E-state index contributed by atoms with van der Waals surface area (Å²) in [5.41, 5.74) is 0.297. The number of aryl methyl sites for hydroxylation is 1. The first-order chi connectivity index (χ1) is 9.08. The summed E-state index contributed by atoms with van der Waals surface area (Å²) in [4.78, 5) is 3.97. The fraction of sp³-hybridized carbons (Fsp3) is 0.333. The lowest BCUT2D eigenvalue weighted by Crippen LogP contribution is -2.11. The van der Waals surface area contributed by atoms with Gasteiger partial charge < -0.3 is 9.84 Å². The minimum atomic E-state index is -2.93. The van der Waals surface area contributed by atoms with Crippen molar-refractivity contribution in [1.29, 1.82) is 0 Å². The Bertz CT molecular complexity index is 545. The molecule has 0 bridgehead atoms. The first-order valence-electron chi connectivity index (χ1n) is 5.62. The molecule has 1 aromatic carbocycles. The fourth-order valence-corrected chi connectivity index (χ4v) is 1.75. The summed E-state index contributed by atoms with van der Waals surface area (Å²) >= 11 is 0. The lowest BCUT2D eigenvalue weighted by atomic mass is 10.1. The normalized spacial score (nSPS) is 12.7. The van der Waals surface area contributed by atoms with Crippen LogP contribution in [0.25, 0.3) is 0 Å². The van der Waals surface area contributed by atoms with Gasteiger partial charge in [0, 0.05) is 19.0 Å². The van der Waals surface area contributed by atoms with Crippen molar-refractivity contribution in [2.75, 3.05) is 0 Å². The smallest absolute Gasteiger partial charge is 0.387 e. The Morgan fingerprint density at radius 3 is 2.74 bits per heavy atom. The molecule has 0 aliphatic carbocycles. The molecule has 7 heteroatoms. The van der Waals surface area contributed by atoms with Gasteiger partial charge in [-0.05, 0) is 6.07 Å². The van der Waals surface area contributed by atoms with Crippen LogP contribution in [0, 0.1) is 0 Å². The van der Waals surface area contributed by atoms with Crippen LogP contribution in [0.4, 0.5) is 8.78 Å². The van der Waals surface area contributed by atoms with Crippen LogP contribution in [0.3, 0.4) is 0 Å². The summed E-state index contributed by atoms with van der Waals surface area (Å²) in [7, 11) is 1.69. The molecule has 0 saturated heterocycles. The number of benzene rings is 1. The van der Waals surface area contributed by atoms with Crippen LogP contribution in [0.2, 0.25) is 0 Å². The number of halogens is 2. The average Bonchev–Trinajstić information content (AvgIpc) is 2.75. The van der Waals surface area contributed by atoms with E-state index in [1.54, 1.807) is 25.2 Å². The van der Waals surface area contributed by atoms with Gasteiger partial charge in [-0.15, -0.1) is 0 Å². The minimum Gasteiger partial charge on any atom is -0.434 e. The molecule has 102 valence electrons. The van der Waals surface area contributed by atoms with Gasteiger partial charge >= 0.3 is 6.61 Å². The highest BCUT2D eigenvalue weighted by Gasteiger charge is 2.18. The highest BCUT2D eigenvalue weighted by molar-refractivity contribution is 5.35. The quantitative estimate of drug-likeness (QED) is 0.897. The number of aromatic nitrogens is 3. The van der Waals surface area contributed by atoms with E-state index in [9.17, 15) is 13.9 Å². The molecule has 0 aliphatic rings. The molecule has 0 spiro atoms. The van der Waals surface area contributed by atoms with Crippen molar-refractivity contribution in [2.45, 2.75) is 19.1 Å². The Morgan fingerprint density at radius 2 is 2.11 bits per heavy atom. The Hall–Kier alpha value is -2.02. The van der Waals surface area contributed by atoms with Crippen molar-refractivity contribution in [3.05, 3.63) is 42.0 Å². The molecule has 2 rings (SSSR count). The number of ether oxygens (including phenoxy) is 1. The molecule has 1 unspecified atom stereocenters. The van der Waals surface area contributed by atoms with E-state index in [-0.39, 0.29) is 12.2 Å². The van der Waals surface area contributed by atoms with Crippen molar-refractivity contribution in [3.8, 4) is 5.75 Å². The molecule has 1 aromatic heterocycles. The van der Waals surface area contributed by atoms with Crippen LogP contribution in [0.5, 0.6) is 5.75 Å². The van der Waals surface area contributed by atoms with Crippen LogP contribution in [0.1, 0.15) is 17.5 Å². The minimum absolute atomic E-state index is 0.0350. The summed E-state index contributed by atoms with van der Waals surface area (Å²) in [5, 5.41) is 14.0. The average molecular weight is 269 g/mol. The second-order valence-corrected chi connectivity index (χ2v) is 3.94. The molecular weight excluding hydrogens is 256 g/mol. The van der Waals surface area contributed by atoms with Crippen molar-refractivity contribution < 1.29 is 18.6 Å². The number of aliphatic hydroxyl groups excluding tert-OH is 1. The van der Waals surface area contributed by atoms with Gasteiger partial charge in [0.2, 0.25) is 0 Å². The third-order valence-corrected chi connectivity index (χ3v) is 2.68. The van der Waals surface area contributed by atoms with E-state index in [1.807, 2.05) is 0 Å². The lowest BCUT2D eigenvalue weighted by molar-refractivity contribution is -0.0515. The number of hydrogen-bond donors (Lipinski definition) is 1. The van der Waals surface area contributed by atoms with E-state index >= 15 is 0 Å². The van der Waals surface area contributed by atoms with Gasteiger partial charge in [0.1, 0.15) is 17.9 Å². The standard InChI is InChI=1S/C12H13F2N3O2/c1-17-11(15-7-16-17)6-9(18)8-4-2-3-5-10(8)19-12(13)14/h2-5,7,9,12,18H,6H2,1H3. The number of rotatable bonds is 5. The SMILES string of the molecule is Cn1ncnc1CC(O)c1ccccc1OC(F)F. The van der Waals surface area contributed by atoms with E-state index in [4.69, 9.17) is 0 Å². The van der Waals surface area contributed by atoms with E-state index < -0.39 is 12.7 Å². The topological polar surface area (TPSA) is 60.2 Å². The lowest BCUT2D eigenvalue weighted by Gasteiger charge is -2.15. The van der Waals surface area contributed by atoms with Gasteiger partial charge in [0.15, 0.2) is 0 Å². The van der Waals surface area contributed by atoms with Crippen LogP contribution in [-0.2, 0) is 13.5 Å². The number of aliphatic hydroxyl groups is 1. The van der Waals surface area contributed by atoms with Gasteiger partial charge in [0.05, 0.1) is 6.10 Å². The second kappa shape index (κ2) is 5.75. The largest absolute Gasteiger partial charge is 0.434 e. The highest BCUT2D eigenvalue weighted by Crippen LogP contribution is 2.28. The van der Waals surface area contributed by atoms with Crippen molar-refractivity contribution in [1.82, 2.24) is 14.8 Å². The Morgan fingerprint density at radius 1 is 1.37 bits per heavy atom. The van der Waals surface area contributed by atoms with E-state index in [0.717, 1.165) is 0 Å². The second-order valence-electron chi connectivity index (χ2n) is 3.94. The molecule has 2 aromatic rings. The van der Waals surface area contributed by atoms with Gasteiger partial charge in [-0.2, -0.15) is 13.9 Å². The zero-order valence-corrected chi connectivity index (χ0v) is 10.2. The summed E-state index contributed by atoms with van der Waals surface area (Å²) in [6.45, 7) is -2.93. The number of nitrogens with zero attached hydrogens (tertiary/aromatic N) is 3. The summed E-state index contributed by atoms with van der Waals surface area (Å²) < 4.78 is 30.4. The van der Waals surface area contributed by atoms with Gasteiger partial charge in [-0.3, -0.25) is 4.68 Å². The van der Waals surface area contributed by atoms with Crippen molar-refractivity contribution in [3.63, 3.8) is 0 Å². The predicted octanol–water partition coefficient (Wildman–Crippen LogP) is 1.69. The van der Waals surface area contributed by atoms with Gasteiger partial charge in [-0.25, -0.2) is 4.98 Å². The van der Waals surface area contributed by atoms with Gasteiger partial charge in [0.25, 0.3) is 0 Å². The third-order valence-electron chi connectivity index (χ3n) is 2.68. The van der Waals surface area contributed by atoms with E-state index in [0.29, 0.717) is 11.4 Å². The molecule has 0 amide bonds. The fourth-order valence-electron chi connectivity index (χ4n) is 1.75. The number of hydrogen-bond acceptors (Lipinski definition) is 4. The summed E-state index contributed by atoms with van der Waals surface area (Å²) in [6, 6.07) is 6.14. The van der Waals surface area contributed by atoms with Gasteiger partial charge in [-0.1, -0.05) is 18.2 Å². The highest BCUT2D eigenvalue weighted by atomic mass is 19.3. The predicted molar refractivity (Wildman–Crippen MR) is 62.7 cm³/mol. The Kier molecular flexibility index (Phi) is 4.06. The van der Waals surface area contributed by atoms with Crippen LogP contribution >= 0.6 is 0 Å². The molecule has 1 atom stereocenters. The van der Waals surface area contributed by atoms with Crippen LogP contribution < -0.4 is 4.74 Å². The number of para-hydroxylation sites is 1. The van der Waals surface area contributed by atoms with Crippen molar-refractivity contribution in [2.24, 2.45) is 7.05 Å². The van der Waals surface area contributed by atoms with E-state index in [2.05, 4.69) is 14.8 Å². The monoisotopic (exact) mass is 269 g/mol. The first kappa shape index (κ1) is 13.4. The molecular formula is C12H13F2N3O2. The molecule has 1 N–H and O–H groups in total. The third kappa shape index (κ3) is 3.25. The molecule has 0 radical (unpaired) electrons. The maximum Gasteiger partial charge on any atom is 0.387 e. The van der Waals surface area contributed by atoms with Crippen LogP contribution in [0.15, 0.2) is 30.6 Å². The van der Waals surface area contributed by atoms with E-state index in [1.165, 1.54) is 17.1 Å². The molecule has 0 fully saturated rings. The Balaban J connectivity index is 2.19. The molecule has 19 heavy (non-hydrogen) atoms. The zero-order chi connectivity index (χ0) is 13.8. The Labute approximate surface area is 108 Å².